The van der Waals surface area contributed by atoms with Gasteiger partial charge in [0.05, 0.1) is 4.90 Å². The summed E-state index contributed by atoms with van der Waals surface area (Å²) in [4.78, 5) is 16.6. The van der Waals surface area contributed by atoms with Crippen LogP contribution < -0.4 is 9.80 Å². The molecule has 0 unspecified atom stereocenters. The van der Waals surface area contributed by atoms with Crippen molar-refractivity contribution in [3.63, 3.8) is 0 Å². The Hall–Kier alpha value is -3.40. The van der Waals surface area contributed by atoms with Gasteiger partial charge in [0.2, 0.25) is 10.0 Å². The van der Waals surface area contributed by atoms with Crippen LogP contribution in [0.1, 0.15) is 11.1 Å². The molecule has 1 N–H and O–H groups in total. The van der Waals surface area contributed by atoms with E-state index < -0.39 is 16.1 Å². The Bertz CT molecular complexity index is 1290. The van der Waals surface area contributed by atoms with Gasteiger partial charge in [-0.15, -0.1) is 0 Å². The predicted octanol–water partition coefficient (Wildman–Crippen LogP) is 3.99. The highest BCUT2D eigenvalue weighted by molar-refractivity contribution is 7.89. The Labute approximate surface area is 219 Å². The molecule has 8 nitrogen and oxygen atoms in total. The van der Waals surface area contributed by atoms with Crippen LogP contribution in [0.2, 0.25) is 0 Å². The monoisotopic (exact) mass is 522 g/mol. The molecule has 9 heteroatoms. The Morgan fingerprint density at radius 2 is 1.41 bits per heavy atom. The number of nitrogens with zero attached hydrogens (tertiary/aromatic N) is 4. The molecule has 3 aromatic rings. The van der Waals surface area contributed by atoms with Gasteiger partial charge in [-0.2, -0.15) is 4.31 Å². The third-order valence-electron chi connectivity index (χ3n) is 6.87. The summed E-state index contributed by atoms with van der Waals surface area (Å²) >= 11 is 0. The lowest BCUT2D eigenvalue weighted by molar-refractivity contribution is 0.203. The standard InChI is InChI=1S/C20H25N3O2S.C8H9NO2/c1-21-12-14-22(15-13-21)19-6-8-20(9-7-19)26(24,25)23-11-10-17-4-2-3-5-18(17)16-23;1-9(8(10)11)7-5-3-2-4-6-7/h2-9H,10-16H2,1H3;2-6H,1H3,(H,10,11). The summed E-state index contributed by atoms with van der Waals surface area (Å²) < 4.78 is 27.7. The van der Waals surface area contributed by atoms with Gasteiger partial charge < -0.3 is 14.9 Å². The molecule has 37 heavy (non-hydrogen) atoms. The zero-order valence-electron chi connectivity index (χ0n) is 21.3. The highest BCUT2D eigenvalue weighted by atomic mass is 32.2. The average molecular weight is 523 g/mol. The second-order valence-corrected chi connectivity index (χ2v) is 11.3. The lowest BCUT2D eigenvalue weighted by Crippen LogP contribution is -2.44. The van der Waals surface area contributed by atoms with Gasteiger partial charge in [-0.25, -0.2) is 13.2 Å². The third kappa shape index (κ3) is 6.49. The molecule has 0 aliphatic carbocycles. The molecular weight excluding hydrogens is 488 g/mol. The maximum atomic E-state index is 13.0. The number of likely N-dealkylation sites (N-methyl/N-ethyl adjacent to an activating group) is 1. The van der Waals surface area contributed by atoms with Gasteiger partial charge in [0.25, 0.3) is 0 Å². The molecule has 0 bridgehead atoms. The smallest absolute Gasteiger partial charge is 0.411 e. The fourth-order valence-electron chi connectivity index (χ4n) is 4.48. The number of benzene rings is 3. The lowest BCUT2D eigenvalue weighted by atomic mass is 10.0. The normalized spacial score (nSPS) is 16.3. The number of anilines is 2. The van der Waals surface area contributed by atoms with Crippen LogP contribution in [0.25, 0.3) is 0 Å². The van der Waals surface area contributed by atoms with Gasteiger partial charge in [-0.1, -0.05) is 42.5 Å². The van der Waals surface area contributed by atoms with Gasteiger partial charge >= 0.3 is 6.09 Å². The number of para-hydroxylation sites is 1. The first-order valence-corrected chi connectivity index (χ1v) is 13.8. The molecule has 2 aliphatic heterocycles. The SMILES string of the molecule is CN(C(=O)O)c1ccccc1.CN1CCN(c2ccc(S(=O)(=O)N3CCc4ccccc4C3)cc2)CC1. The van der Waals surface area contributed by atoms with Crippen molar-refractivity contribution in [3.8, 4) is 0 Å². The summed E-state index contributed by atoms with van der Waals surface area (Å²) in [7, 11) is 0.186. The number of sulfonamides is 1. The van der Waals surface area contributed by atoms with Crippen molar-refractivity contribution < 1.29 is 18.3 Å². The molecule has 5 rings (SSSR count). The maximum Gasteiger partial charge on any atom is 0.411 e. The first-order chi connectivity index (χ1) is 17.8. The molecule has 1 saturated heterocycles. The summed E-state index contributed by atoms with van der Waals surface area (Å²) in [5.41, 5.74) is 4.14. The van der Waals surface area contributed by atoms with Crippen LogP contribution >= 0.6 is 0 Å². The zero-order valence-corrected chi connectivity index (χ0v) is 22.1. The van der Waals surface area contributed by atoms with Crippen molar-refractivity contribution in [1.82, 2.24) is 9.21 Å². The van der Waals surface area contributed by atoms with Crippen molar-refractivity contribution in [2.45, 2.75) is 17.9 Å². The molecule has 2 aliphatic rings. The van der Waals surface area contributed by atoms with E-state index in [4.69, 9.17) is 5.11 Å². The molecule has 0 spiro atoms. The quantitative estimate of drug-likeness (QED) is 0.558. The summed E-state index contributed by atoms with van der Waals surface area (Å²) in [6.45, 7) is 5.02. The maximum absolute atomic E-state index is 13.0. The number of piperazine rings is 1. The Balaban J connectivity index is 0.000000245. The first-order valence-electron chi connectivity index (χ1n) is 12.4. The van der Waals surface area contributed by atoms with Crippen molar-refractivity contribution in [3.05, 3.63) is 90.0 Å². The van der Waals surface area contributed by atoms with Gasteiger partial charge in [0.1, 0.15) is 0 Å². The van der Waals surface area contributed by atoms with E-state index in [1.165, 1.54) is 17.5 Å². The summed E-state index contributed by atoms with van der Waals surface area (Å²) in [6.07, 6.45) is -0.175. The molecule has 196 valence electrons. The fraction of sp³-hybridized carbons (Fsp3) is 0.321. The van der Waals surface area contributed by atoms with Crippen molar-refractivity contribution in [1.29, 1.82) is 0 Å². The number of hydrogen-bond acceptors (Lipinski definition) is 5. The summed E-state index contributed by atoms with van der Waals surface area (Å²) in [5, 5.41) is 8.56. The highest BCUT2D eigenvalue weighted by Crippen LogP contribution is 2.26. The molecule has 0 radical (unpaired) electrons. The molecule has 2 heterocycles. The van der Waals surface area contributed by atoms with Gasteiger partial charge in [0, 0.05) is 57.7 Å². The van der Waals surface area contributed by atoms with E-state index >= 15 is 0 Å². The number of amides is 1. The second kappa shape index (κ2) is 11.8. The lowest BCUT2D eigenvalue weighted by Gasteiger charge is -2.34. The topological polar surface area (TPSA) is 84.4 Å². The fourth-order valence-corrected chi connectivity index (χ4v) is 5.90. The molecular formula is C28H34N4O4S. The minimum atomic E-state index is -3.45. The van der Waals surface area contributed by atoms with Gasteiger partial charge in [0.15, 0.2) is 0 Å². The molecule has 1 fully saturated rings. The average Bonchev–Trinajstić information content (AvgIpc) is 2.93. The van der Waals surface area contributed by atoms with Crippen LogP contribution in [-0.2, 0) is 23.0 Å². The largest absolute Gasteiger partial charge is 0.465 e. The van der Waals surface area contributed by atoms with Crippen LogP contribution in [0.3, 0.4) is 0 Å². The van der Waals surface area contributed by atoms with Crippen LogP contribution in [0, 0.1) is 0 Å². The van der Waals surface area contributed by atoms with E-state index in [2.05, 4.69) is 22.9 Å². The molecule has 0 saturated carbocycles. The third-order valence-corrected chi connectivity index (χ3v) is 8.73. The Morgan fingerprint density at radius 3 is 2.03 bits per heavy atom. The van der Waals surface area contributed by atoms with Crippen LogP contribution in [0.4, 0.5) is 16.2 Å². The van der Waals surface area contributed by atoms with Crippen LogP contribution in [-0.4, -0.2) is 75.6 Å². The number of fused-ring (bicyclic) bond motifs is 1. The minimum absolute atomic E-state index is 0.384. The van der Waals surface area contributed by atoms with Gasteiger partial charge in [-0.05, 0) is 61.0 Å². The second-order valence-electron chi connectivity index (χ2n) is 9.32. The van der Waals surface area contributed by atoms with Crippen LogP contribution in [0.15, 0.2) is 83.8 Å². The number of carbonyl (C=O) groups is 1. The van der Waals surface area contributed by atoms with E-state index in [0.717, 1.165) is 43.9 Å². The minimum Gasteiger partial charge on any atom is -0.465 e. The number of carboxylic acid groups (broad SMARTS) is 1. The molecule has 3 aromatic carbocycles. The zero-order chi connectivity index (χ0) is 26.4. The molecule has 1 amide bonds. The first kappa shape index (κ1) is 26.7. The summed E-state index contributed by atoms with van der Waals surface area (Å²) in [6, 6.07) is 24.4. The number of hydrogen-bond donors (Lipinski definition) is 1. The van der Waals surface area contributed by atoms with Gasteiger partial charge in [-0.3, -0.25) is 4.90 Å². The van der Waals surface area contributed by atoms with E-state index in [-0.39, 0.29) is 0 Å². The molecule has 0 atom stereocenters. The van der Waals surface area contributed by atoms with E-state index in [1.54, 1.807) is 40.7 Å². The Kier molecular flexibility index (Phi) is 8.48. The van der Waals surface area contributed by atoms with Crippen LogP contribution in [0.5, 0.6) is 0 Å². The van der Waals surface area contributed by atoms with E-state index in [9.17, 15) is 13.2 Å². The van der Waals surface area contributed by atoms with E-state index in [0.29, 0.717) is 23.7 Å². The van der Waals surface area contributed by atoms with Crippen molar-refractivity contribution in [2.75, 3.05) is 56.6 Å². The van der Waals surface area contributed by atoms with Crippen molar-refractivity contribution in [2.24, 2.45) is 0 Å². The predicted molar refractivity (Wildman–Crippen MR) is 147 cm³/mol. The molecule has 0 aromatic heterocycles. The highest BCUT2D eigenvalue weighted by Gasteiger charge is 2.28. The van der Waals surface area contributed by atoms with Crippen molar-refractivity contribution >= 4 is 27.5 Å². The van der Waals surface area contributed by atoms with E-state index in [1.807, 2.05) is 36.4 Å². The summed E-state index contributed by atoms with van der Waals surface area (Å²) in [5.74, 6) is 0. The number of rotatable bonds is 4. The Morgan fingerprint density at radius 1 is 0.811 bits per heavy atom.